The van der Waals surface area contributed by atoms with E-state index in [1.165, 1.54) is 26.2 Å². The van der Waals surface area contributed by atoms with Crippen molar-refractivity contribution in [3.8, 4) is 11.1 Å². The Morgan fingerprint density at radius 2 is 1.89 bits per heavy atom. The predicted molar refractivity (Wildman–Crippen MR) is 144 cm³/mol. The number of likely N-dealkylation sites (tertiary alicyclic amines) is 1. The van der Waals surface area contributed by atoms with E-state index in [1.54, 1.807) is 0 Å². The molecule has 0 amide bonds. The molecule has 2 aliphatic rings. The van der Waals surface area contributed by atoms with Gasteiger partial charge in [0.05, 0.1) is 22.9 Å². The summed E-state index contributed by atoms with van der Waals surface area (Å²) in [5.41, 5.74) is 7.19. The first-order chi connectivity index (χ1) is 17.7. The molecule has 5 rings (SSSR count). The van der Waals surface area contributed by atoms with E-state index in [-0.39, 0.29) is 12.5 Å². The zero-order chi connectivity index (χ0) is 26.7. The zero-order valence-electron chi connectivity index (χ0n) is 22.3. The molecule has 3 heterocycles. The van der Waals surface area contributed by atoms with Gasteiger partial charge in [0.25, 0.3) is 0 Å². The minimum absolute atomic E-state index is 0.0278. The maximum Gasteiger partial charge on any atom is 0.241 e. The summed E-state index contributed by atoms with van der Waals surface area (Å²) in [6.07, 6.45) is 2.56. The molecule has 0 radical (unpaired) electrons. The first kappa shape index (κ1) is 27.1. The number of halogens is 3. The van der Waals surface area contributed by atoms with Crippen LogP contribution in [0, 0.1) is 13.8 Å². The van der Waals surface area contributed by atoms with Crippen molar-refractivity contribution in [1.29, 1.82) is 0 Å². The first-order valence-corrected chi connectivity index (χ1v) is 13.1. The molecule has 2 unspecified atom stereocenters. The molecule has 0 bridgehead atoms. The normalized spacial score (nSPS) is 20.0. The van der Waals surface area contributed by atoms with E-state index >= 15 is 0 Å². The van der Waals surface area contributed by atoms with Gasteiger partial charge < -0.3 is 5.32 Å². The minimum atomic E-state index is -2.12. The van der Waals surface area contributed by atoms with Crippen molar-refractivity contribution in [3.05, 3.63) is 41.7 Å². The number of benzene rings is 1. The molecule has 1 N–H and O–H groups in total. The second kappa shape index (κ2) is 11.6. The van der Waals surface area contributed by atoms with E-state index in [0.29, 0.717) is 25.1 Å². The fraction of sp³-hybridized carbons (Fsp3) is 0.536. The van der Waals surface area contributed by atoms with E-state index in [2.05, 4.69) is 51.5 Å². The van der Waals surface area contributed by atoms with Crippen molar-refractivity contribution in [1.82, 2.24) is 19.5 Å². The van der Waals surface area contributed by atoms with Crippen LogP contribution in [0.1, 0.15) is 57.7 Å². The lowest BCUT2D eigenvalue weighted by Crippen LogP contribution is -2.39. The number of fused-ring (bicyclic) bond motifs is 1. The highest BCUT2D eigenvalue weighted by atomic mass is 19.3. The van der Waals surface area contributed by atoms with Crippen molar-refractivity contribution in [2.24, 2.45) is 4.99 Å². The van der Waals surface area contributed by atoms with Gasteiger partial charge >= 0.3 is 0 Å². The van der Waals surface area contributed by atoms with Crippen LogP contribution in [-0.2, 0) is 0 Å². The Balaban J connectivity index is 0.000000586. The second-order valence-electron chi connectivity index (χ2n) is 10.2. The SMILES string of the molecule is CC(C)=Nc1ccc(-c2ccn3nc(NC4CN(C5CCC5)CC4F)nc(C)c23)cc1C.CCC(F)F. The third-order valence-electron chi connectivity index (χ3n) is 7.03. The van der Waals surface area contributed by atoms with Gasteiger partial charge in [-0.1, -0.05) is 19.4 Å². The molecular formula is C28H37F3N6. The zero-order valence-corrected chi connectivity index (χ0v) is 22.3. The van der Waals surface area contributed by atoms with E-state index in [9.17, 15) is 13.2 Å². The van der Waals surface area contributed by atoms with Gasteiger partial charge in [-0.15, -0.1) is 5.10 Å². The second-order valence-corrected chi connectivity index (χ2v) is 10.2. The van der Waals surface area contributed by atoms with Gasteiger partial charge in [-0.05, 0) is 69.9 Å². The number of aryl methyl sites for hydroxylation is 2. The van der Waals surface area contributed by atoms with Crippen LogP contribution in [0.25, 0.3) is 16.6 Å². The van der Waals surface area contributed by atoms with E-state index in [0.717, 1.165) is 39.3 Å². The molecular weight excluding hydrogens is 477 g/mol. The van der Waals surface area contributed by atoms with Gasteiger partial charge in [-0.3, -0.25) is 9.89 Å². The highest BCUT2D eigenvalue weighted by Crippen LogP contribution is 2.32. The summed E-state index contributed by atoms with van der Waals surface area (Å²) >= 11 is 0. The van der Waals surface area contributed by atoms with Crippen molar-refractivity contribution >= 4 is 22.9 Å². The summed E-state index contributed by atoms with van der Waals surface area (Å²) in [5.74, 6) is 0.486. The van der Waals surface area contributed by atoms with E-state index in [4.69, 9.17) is 4.98 Å². The standard InChI is InChI=1S/C25H31FN6.C3H6F2/c1-15(2)27-22-9-8-18(12-16(22)3)20-10-11-32-24(20)17(4)28-25(30-32)29-23-14-31(13-21(23)26)19-6-5-7-19;1-2-3(4)5/h8-12,19,21,23H,5-7,13-14H2,1-4H3,(H,29,30);3H,2H2,1H3. The molecule has 1 aromatic carbocycles. The quantitative estimate of drug-likeness (QED) is 0.369. The molecule has 6 nitrogen and oxygen atoms in total. The number of nitrogens with one attached hydrogen (secondary N) is 1. The molecule has 1 aliphatic heterocycles. The van der Waals surface area contributed by atoms with Gasteiger partial charge in [0.2, 0.25) is 12.4 Å². The molecule has 1 saturated heterocycles. The number of anilines is 1. The van der Waals surface area contributed by atoms with Crippen LogP contribution >= 0.6 is 0 Å². The Morgan fingerprint density at radius 3 is 2.49 bits per heavy atom. The van der Waals surface area contributed by atoms with Gasteiger partial charge in [0.1, 0.15) is 6.17 Å². The molecule has 200 valence electrons. The van der Waals surface area contributed by atoms with Crippen molar-refractivity contribution < 1.29 is 13.2 Å². The number of hydrogen-bond donors (Lipinski definition) is 1. The van der Waals surface area contributed by atoms with Crippen LogP contribution in [0.5, 0.6) is 0 Å². The van der Waals surface area contributed by atoms with E-state index < -0.39 is 12.6 Å². The topological polar surface area (TPSA) is 57.8 Å². The summed E-state index contributed by atoms with van der Waals surface area (Å²) in [5, 5.41) is 7.92. The Kier molecular flexibility index (Phi) is 8.52. The minimum Gasteiger partial charge on any atom is -0.346 e. The number of hydrogen-bond acceptors (Lipinski definition) is 5. The highest BCUT2D eigenvalue weighted by Gasteiger charge is 2.38. The summed E-state index contributed by atoms with van der Waals surface area (Å²) in [6.45, 7) is 10.7. The van der Waals surface area contributed by atoms with Crippen LogP contribution in [0.15, 0.2) is 35.5 Å². The third-order valence-corrected chi connectivity index (χ3v) is 7.03. The van der Waals surface area contributed by atoms with Crippen LogP contribution in [0.4, 0.5) is 24.8 Å². The summed E-state index contributed by atoms with van der Waals surface area (Å²) < 4.78 is 38.0. The molecule has 2 fully saturated rings. The fourth-order valence-electron chi connectivity index (χ4n) is 4.83. The Bertz CT molecular complexity index is 1250. The van der Waals surface area contributed by atoms with Crippen LogP contribution in [0.2, 0.25) is 0 Å². The summed E-state index contributed by atoms with van der Waals surface area (Å²) in [4.78, 5) is 11.6. The lowest BCUT2D eigenvalue weighted by molar-refractivity contribution is 0.144. The molecule has 1 aliphatic carbocycles. The molecule has 3 aromatic rings. The Morgan fingerprint density at radius 1 is 1.16 bits per heavy atom. The largest absolute Gasteiger partial charge is 0.346 e. The predicted octanol–water partition coefficient (Wildman–Crippen LogP) is 6.77. The summed E-state index contributed by atoms with van der Waals surface area (Å²) in [6, 6.07) is 8.66. The number of alkyl halides is 3. The monoisotopic (exact) mass is 514 g/mol. The molecule has 37 heavy (non-hydrogen) atoms. The maximum absolute atomic E-state index is 14.7. The molecule has 0 spiro atoms. The van der Waals surface area contributed by atoms with Gasteiger partial charge in [0.15, 0.2) is 0 Å². The first-order valence-electron chi connectivity index (χ1n) is 13.1. The molecule has 9 heteroatoms. The average Bonchev–Trinajstić information content (AvgIpc) is 3.38. The van der Waals surface area contributed by atoms with E-state index in [1.807, 2.05) is 31.5 Å². The summed E-state index contributed by atoms with van der Waals surface area (Å²) in [7, 11) is 0. The van der Waals surface area contributed by atoms with Crippen LogP contribution in [0.3, 0.4) is 0 Å². The lowest BCUT2D eigenvalue weighted by atomic mass is 9.92. The van der Waals surface area contributed by atoms with Crippen molar-refractivity contribution in [2.75, 3.05) is 18.4 Å². The Hall–Kier alpha value is -2.94. The maximum atomic E-state index is 14.7. The van der Waals surface area contributed by atoms with Gasteiger partial charge in [0, 0.05) is 43.0 Å². The van der Waals surface area contributed by atoms with Gasteiger partial charge in [-0.2, -0.15) is 0 Å². The van der Waals surface area contributed by atoms with Crippen molar-refractivity contribution in [3.63, 3.8) is 0 Å². The molecule has 2 aromatic heterocycles. The fourth-order valence-corrected chi connectivity index (χ4v) is 4.83. The van der Waals surface area contributed by atoms with Crippen LogP contribution < -0.4 is 5.32 Å². The number of aliphatic imine (C=N–C) groups is 1. The highest BCUT2D eigenvalue weighted by molar-refractivity contribution is 5.85. The molecule has 1 saturated carbocycles. The van der Waals surface area contributed by atoms with Gasteiger partial charge in [-0.25, -0.2) is 22.7 Å². The lowest BCUT2D eigenvalue weighted by Gasteiger charge is -2.34. The third kappa shape index (κ3) is 6.32. The van der Waals surface area contributed by atoms with Crippen LogP contribution in [-0.4, -0.2) is 63.0 Å². The Labute approximate surface area is 217 Å². The van der Waals surface area contributed by atoms with Crippen molar-refractivity contribution in [2.45, 2.75) is 85.0 Å². The molecule has 2 atom stereocenters. The smallest absolute Gasteiger partial charge is 0.241 e. The average molecular weight is 515 g/mol. The number of nitrogens with zero attached hydrogens (tertiary/aromatic N) is 5. The number of rotatable bonds is 6. The number of aromatic nitrogens is 3.